The van der Waals surface area contributed by atoms with Crippen LogP contribution < -0.4 is 10.9 Å². The largest absolute Gasteiger partial charge is 0.468 e. The van der Waals surface area contributed by atoms with Crippen molar-refractivity contribution in [3.05, 3.63) is 39.1 Å². The summed E-state index contributed by atoms with van der Waals surface area (Å²) in [7, 11) is 1.23. The zero-order chi connectivity index (χ0) is 15.4. The zero-order valence-corrected chi connectivity index (χ0v) is 12.2. The number of carbonyl (C=O) groups excluding carboxylic acids is 1. The molecule has 0 saturated heterocycles. The van der Waals surface area contributed by atoms with E-state index in [1.165, 1.54) is 13.3 Å². The third-order valence-corrected chi connectivity index (χ3v) is 2.99. The summed E-state index contributed by atoms with van der Waals surface area (Å²) in [6.07, 6.45) is 1.36. The molecule has 2 aromatic heterocycles. The smallest absolute Gasteiger partial charge is 0.327 e. The van der Waals surface area contributed by atoms with Gasteiger partial charge in [0.05, 0.1) is 31.2 Å². The molecule has 0 aliphatic carbocycles. The molecule has 2 aromatic rings. The van der Waals surface area contributed by atoms with Crippen molar-refractivity contribution >= 4 is 23.3 Å². The number of rotatable bonds is 5. The highest BCUT2D eigenvalue weighted by atomic mass is 35.5. The molecule has 21 heavy (non-hydrogen) atoms. The molecule has 0 saturated carbocycles. The molecule has 0 bridgehead atoms. The van der Waals surface area contributed by atoms with Gasteiger partial charge in [-0.2, -0.15) is 5.10 Å². The molecule has 112 valence electrons. The van der Waals surface area contributed by atoms with Gasteiger partial charge in [-0.25, -0.2) is 4.68 Å². The number of hydrogen-bond donors (Lipinski definition) is 1. The highest BCUT2D eigenvalue weighted by Crippen LogP contribution is 2.16. The van der Waals surface area contributed by atoms with Gasteiger partial charge < -0.3 is 14.6 Å². The summed E-state index contributed by atoms with van der Waals surface area (Å²) in [5.41, 5.74) is 0.516. The third-order valence-electron chi connectivity index (χ3n) is 2.62. The molecule has 1 N–H and O–H groups in total. The Morgan fingerprint density at radius 1 is 1.57 bits per heavy atom. The van der Waals surface area contributed by atoms with E-state index in [1.807, 2.05) is 0 Å². The van der Waals surface area contributed by atoms with Gasteiger partial charge >= 0.3 is 5.97 Å². The van der Waals surface area contributed by atoms with Gasteiger partial charge in [0.1, 0.15) is 11.6 Å². The molecule has 0 radical (unpaired) electrons. The second-order valence-corrected chi connectivity index (χ2v) is 4.58. The molecule has 2 heterocycles. The lowest BCUT2D eigenvalue weighted by Crippen LogP contribution is -2.28. The van der Waals surface area contributed by atoms with Gasteiger partial charge in [0.15, 0.2) is 5.76 Å². The van der Waals surface area contributed by atoms with Gasteiger partial charge in [0.25, 0.3) is 5.56 Å². The molecular formula is C12H13ClN4O4. The maximum absolute atomic E-state index is 11.9. The molecule has 0 amide bonds. The van der Waals surface area contributed by atoms with Gasteiger partial charge in [-0.05, 0) is 6.92 Å². The van der Waals surface area contributed by atoms with Gasteiger partial charge in [0, 0.05) is 6.07 Å². The summed E-state index contributed by atoms with van der Waals surface area (Å²) < 4.78 is 10.4. The van der Waals surface area contributed by atoms with Crippen LogP contribution in [0.4, 0.5) is 5.69 Å². The van der Waals surface area contributed by atoms with Crippen LogP contribution in [0.3, 0.4) is 0 Å². The first-order valence-corrected chi connectivity index (χ1v) is 6.37. The average Bonchev–Trinajstić information content (AvgIpc) is 2.88. The third kappa shape index (κ3) is 3.60. The van der Waals surface area contributed by atoms with Crippen LogP contribution in [0, 0.1) is 6.92 Å². The first-order valence-electron chi connectivity index (χ1n) is 5.99. The minimum atomic E-state index is -0.585. The van der Waals surface area contributed by atoms with Crippen molar-refractivity contribution in [2.75, 3.05) is 12.4 Å². The van der Waals surface area contributed by atoms with Gasteiger partial charge in [-0.3, -0.25) is 9.59 Å². The zero-order valence-electron chi connectivity index (χ0n) is 11.4. The van der Waals surface area contributed by atoms with Crippen LogP contribution in [-0.4, -0.2) is 28.0 Å². The second kappa shape index (κ2) is 6.40. The van der Waals surface area contributed by atoms with Crippen LogP contribution in [-0.2, 0) is 22.6 Å². The van der Waals surface area contributed by atoms with Gasteiger partial charge in [0.2, 0.25) is 0 Å². The molecule has 8 nitrogen and oxygen atoms in total. The predicted octanol–water partition coefficient (Wildman–Crippen LogP) is 0.978. The SMILES string of the molecule is COC(=O)Cn1ncc(NCc2cc(C)no2)c(Cl)c1=O. The lowest BCUT2D eigenvalue weighted by Gasteiger charge is -2.08. The van der Waals surface area contributed by atoms with Crippen molar-refractivity contribution in [3.63, 3.8) is 0 Å². The summed E-state index contributed by atoms with van der Waals surface area (Å²) in [5, 5.41) is 10.5. The molecule has 0 aliphatic rings. The monoisotopic (exact) mass is 312 g/mol. The highest BCUT2D eigenvalue weighted by Gasteiger charge is 2.12. The number of aryl methyl sites for hydroxylation is 1. The topological polar surface area (TPSA) is 99.2 Å². The maximum Gasteiger partial charge on any atom is 0.327 e. The van der Waals surface area contributed by atoms with Gasteiger partial charge in [-0.15, -0.1) is 0 Å². The molecule has 0 fully saturated rings. The van der Waals surface area contributed by atoms with E-state index in [0.29, 0.717) is 18.0 Å². The Hall–Kier alpha value is -2.35. The van der Waals surface area contributed by atoms with E-state index in [1.54, 1.807) is 13.0 Å². The molecule has 0 aromatic carbocycles. The van der Waals surface area contributed by atoms with Crippen molar-refractivity contribution < 1.29 is 14.1 Å². The molecule has 0 spiro atoms. The quantitative estimate of drug-likeness (QED) is 0.821. The number of aromatic nitrogens is 3. The van der Waals surface area contributed by atoms with Crippen molar-refractivity contribution in [2.45, 2.75) is 20.0 Å². The number of hydrogen-bond acceptors (Lipinski definition) is 7. The fourth-order valence-electron chi connectivity index (χ4n) is 1.57. The fraction of sp³-hybridized carbons (Fsp3) is 0.333. The fourth-order valence-corrected chi connectivity index (χ4v) is 1.78. The Bertz CT molecular complexity index is 710. The van der Waals surface area contributed by atoms with E-state index in [4.69, 9.17) is 16.1 Å². The lowest BCUT2D eigenvalue weighted by atomic mass is 10.3. The number of esters is 1. The van der Waals surface area contributed by atoms with E-state index in [-0.39, 0.29) is 11.6 Å². The number of halogens is 1. The summed E-state index contributed by atoms with van der Waals surface area (Å²) >= 11 is 5.96. The Morgan fingerprint density at radius 2 is 2.33 bits per heavy atom. The van der Waals surface area contributed by atoms with Crippen molar-refractivity contribution in [1.82, 2.24) is 14.9 Å². The van der Waals surface area contributed by atoms with Crippen LogP contribution in [0.25, 0.3) is 0 Å². The number of ether oxygens (including phenoxy) is 1. The highest BCUT2D eigenvalue weighted by molar-refractivity contribution is 6.32. The summed E-state index contributed by atoms with van der Waals surface area (Å²) in [6.45, 7) is 1.81. The summed E-state index contributed by atoms with van der Waals surface area (Å²) in [5.74, 6) is 0.0146. The Morgan fingerprint density at radius 3 is 2.95 bits per heavy atom. The maximum atomic E-state index is 11.9. The van der Waals surface area contributed by atoms with Crippen LogP contribution in [0.2, 0.25) is 5.02 Å². The second-order valence-electron chi connectivity index (χ2n) is 4.20. The first-order chi connectivity index (χ1) is 10.0. The number of nitrogens with zero attached hydrogens (tertiary/aromatic N) is 3. The number of nitrogens with one attached hydrogen (secondary N) is 1. The van der Waals surface area contributed by atoms with Crippen molar-refractivity contribution in [3.8, 4) is 0 Å². The predicted molar refractivity (Wildman–Crippen MR) is 74.1 cm³/mol. The van der Waals surface area contributed by atoms with Crippen molar-refractivity contribution in [2.24, 2.45) is 0 Å². The Kier molecular flexibility index (Phi) is 4.59. The van der Waals surface area contributed by atoms with E-state index in [9.17, 15) is 9.59 Å². The number of methoxy groups -OCH3 is 1. The van der Waals surface area contributed by atoms with E-state index in [0.717, 1.165) is 10.4 Å². The lowest BCUT2D eigenvalue weighted by molar-refractivity contribution is -0.141. The van der Waals surface area contributed by atoms with Crippen LogP contribution >= 0.6 is 11.6 Å². The molecule has 0 aliphatic heterocycles. The standard InChI is InChI=1S/C12H13ClN4O4/c1-7-3-8(21-16-7)4-14-9-5-15-17(6-10(18)20-2)12(19)11(9)13/h3,5,14H,4,6H2,1-2H3. The average molecular weight is 313 g/mol. The molecule has 0 unspecified atom stereocenters. The van der Waals surface area contributed by atoms with Crippen molar-refractivity contribution in [1.29, 1.82) is 0 Å². The van der Waals surface area contributed by atoms with E-state index in [2.05, 4.69) is 20.3 Å². The van der Waals surface area contributed by atoms with Crippen LogP contribution in [0.1, 0.15) is 11.5 Å². The number of anilines is 1. The first kappa shape index (κ1) is 15.0. The molecule has 9 heteroatoms. The van der Waals surface area contributed by atoms with Crippen LogP contribution in [0.15, 0.2) is 21.6 Å². The summed E-state index contributed by atoms with van der Waals surface area (Å²) in [4.78, 5) is 23.1. The van der Waals surface area contributed by atoms with Crippen LogP contribution in [0.5, 0.6) is 0 Å². The molecule has 2 rings (SSSR count). The molecule has 0 atom stereocenters. The van der Waals surface area contributed by atoms with Gasteiger partial charge in [-0.1, -0.05) is 16.8 Å². The Balaban J connectivity index is 2.13. The minimum absolute atomic E-state index is 0.0647. The molecular weight excluding hydrogens is 300 g/mol. The van der Waals surface area contributed by atoms with E-state index >= 15 is 0 Å². The minimum Gasteiger partial charge on any atom is -0.468 e. The normalized spacial score (nSPS) is 10.4. The summed E-state index contributed by atoms with van der Waals surface area (Å²) in [6, 6.07) is 1.76. The van der Waals surface area contributed by atoms with E-state index < -0.39 is 11.5 Å². The number of carbonyl (C=O) groups is 1. The Labute approximate surface area is 124 Å².